The van der Waals surface area contributed by atoms with Crippen LogP contribution in [0.3, 0.4) is 0 Å². The maximum atomic E-state index is 11.1. The van der Waals surface area contributed by atoms with Crippen molar-refractivity contribution in [3.63, 3.8) is 0 Å². The van der Waals surface area contributed by atoms with Gasteiger partial charge in [0.1, 0.15) is 5.25 Å². The fourth-order valence-corrected chi connectivity index (χ4v) is 1.36. The van der Waals surface area contributed by atoms with Gasteiger partial charge in [0.15, 0.2) is 5.78 Å². The number of carbonyl (C=O) groups is 1. The molecule has 0 N–H and O–H groups in total. The predicted molar refractivity (Wildman–Crippen MR) is 54.8 cm³/mol. The van der Waals surface area contributed by atoms with Gasteiger partial charge in [0.2, 0.25) is 0 Å². The first-order valence-corrected chi connectivity index (χ1v) is 4.63. The molecule has 0 aromatic carbocycles. The summed E-state index contributed by atoms with van der Waals surface area (Å²) in [6, 6.07) is 5.41. The zero-order chi connectivity index (χ0) is 8.97. The van der Waals surface area contributed by atoms with E-state index in [0.717, 1.165) is 0 Å². The van der Waals surface area contributed by atoms with Crippen LogP contribution in [0.15, 0.2) is 24.4 Å². The van der Waals surface area contributed by atoms with Crippen molar-refractivity contribution in [3.05, 3.63) is 30.1 Å². The molecule has 1 atom stereocenters. The standard InChI is InChI=1S/C8H9NOS2/c10-7(5-11)8(12)6-3-1-2-4-9-6/h1-4,8,11-12H,5H2. The number of carbonyl (C=O) groups excluding carboxylic acids is 1. The van der Waals surface area contributed by atoms with Gasteiger partial charge in [0, 0.05) is 6.20 Å². The van der Waals surface area contributed by atoms with Gasteiger partial charge in [-0.05, 0) is 12.1 Å². The molecule has 0 bridgehead atoms. The predicted octanol–water partition coefficient (Wildman–Crippen LogP) is 1.55. The Morgan fingerprint density at radius 2 is 2.33 bits per heavy atom. The summed E-state index contributed by atoms with van der Waals surface area (Å²) in [5.74, 6) is 0.172. The molecule has 1 aromatic rings. The van der Waals surface area contributed by atoms with Crippen molar-refractivity contribution in [1.82, 2.24) is 4.98 Å². The summed E-state index contributed by atoms with van der Waals surface area (Å²) in [5, 5.41) is -0.441. The van der Waals surface area contributed by atoms with Crippen LogP contribution in [0.5, 0.6) is 0 Å². The number of pyridine rings is 1. The Kier molecular flexibility index (Phi) is 3.62. The number of rotatable bonds is 3. The second kappa shape index (κ2) is 4.52. The molecule has 4 heteroatoms. The average Bonchev–Trinajstić information content (AvgIpc) is 2.17. The summed E-state index contributed by atoms with van der Waals surface area (Å²) in [6.07, 6.45) is 1.64. The molecule has 1 unspecified atom stereocenters. The molecule has 2 nitrogen and oxygen atoms in total. The lowest BCUT2D eigenvalue weighted by Gasteiger charge is -2.05. The topological polar surface area (TPSA) is 30.0 Å². The molecule has 0 spiro atoms. The number of hydrogen-bond donors (Lipinski definition) is 2. The van der Waals surface area contributed by atoms with Crippen LogP contribution < -0.4 is 0 Å². The van der Waals surface area contributed by atoms with Crippen molar-refractivity contribution in [1.29, 1.82) is 0 Å². The molecule has 1 heterocycles. The van der Waals surface area contributed by atoms with Gasteiger partial charge in [-0.25, -0.2) is 0 Å². The van der Waals surface area contributed by atoms with Crippen molar-refractivity contribution in [2.75, 3.05) is 5.75 Å². The van der Waals surface area contributed by atoms with E-state index in [1.54, 1.807) is 18.3 Å². The third-order valence-electron chi connectivity index (χ3n) is 1.43. The Morgan fingerprint density at radius 1 is 1.58 bits per heavy atom. The first-order valence-electron chi connectivity index (χ1n) is 3.48. The molecular weight excluding hydrogens is 190 g/mol. The number of hydrogen-bond acceptors (Lipinski definition) is 4. The Morgan fingerprint density at radius 3 is 2.83 bits per heavy atom. The van der Waals surface area contributed by atoms with Crippen LogP contribution in [0, 0.1) is 0 Å². The molecule has 64 valence electrons. The van der Waals surface area contributed by atoms with E-state index in [9.17, 15) is 4.79 Å². The van der Waals surface area contributed by atoms with Gasteiger partial charge < -0.3 is 0 Å². The number of Topliss-reactive ketones (excluding diaryl/α,β-unsaturated/α-hetero) is 1. The molecule has 1 rings (SSSR count). The first kappa shape index (κ1) is 9.61. The zero-order valence-corrected chi connectivity index (χ0v) is 8.13. The van der Waals surface area contributed by atoms with Crippen molar-refractivity contribution in [3.8, 4) is 0 Å². The maximum Gasteiger partial charge on any atom is 0.161 e. The van der Waals surface area contributed by atoms with Crippen molar-refractivity contribution in [2.24, 2.45) is 0 Å². The first-order chi connectivity index (χ1) is 5.75. The van der Waals surface area contributed by atoms with E-state index in [2.05, 4.69) is 30.2 Å². The second-order valence-electron chi connectivity index (χ2n) is 2.28. The largest absolute Gasteiger partial charge is 0.297 e. The van der Waals surface area contributed by atoms with Crippen LogP contribution in [0.4, 0.5) is 0 Å². The van der Waals surface area contributed by atoms with Gasteiger partial charge in [-0.1, -0.05) is 6.07 Å². The summed E-state index contributed by atoms with van der Waals surface area (Å²) < 4.78 is 0. The van der Waals surface area contributed by atoms with Gasteiger partial charge in [0.25, 0.3) is 0 Å². The SMILES string of the molecule is O=C(CS)C(S)c1ccccn1. The highest BCUT2D eigenvalue weighted by Crippen LogP contribution is 2.18. The third kappa shape index (κ3) is 2.25. The fraction of sp³-hybridized carbons (Fsp3) is 0.250. The smallest absolute Gasteiger partial charge is 0.161 e. The van der Waals surface area contributed by atoms with Gasteiger partial charge >= 0.3 is 0 Å². The monoisotopic (exact) mass is 199 g/mol. The van der Waals surface area contributed by atoms with E-state index >= 15 is 0 Å². The van der Waals surface area contributed by atoms with Crippen LogP contribution in [0.2, 0.25) is 0 Å². The minimum atomic E-state index is -0.441. The Balaban J connectivity index is 2.78. The van der Waals surface area contributed by atoms with Crippen molar-refractivity contribution >= 4 is 31.0 Å². The molecule has 0 radical (unpaired) electrons. The normalized spacial score (nSPS) is 12.5. The summed E-state index contributed by atoms with van der Waals surface area (Å²) in [5.41, 5.74) is 0.680. The Hall–Kier alpha value is -0.480. The van der Waals surface area contributed by atoms with E-state index in [1.165, 1.54) is 0 Å². The van der Waals surface area contributed by atoms with Crippen molar-refractivity contribution in [2.45, 2.75) is 5.25 Å². The maximum absolute atomic E-state index is 11.1. The molecule has 0 aliphatic rings. The van der Waals surface area contributed by atoms with Gasteiger partial charge in [-0.3, -0.25) is 9.78 Å². The van der Waals surface area contributed by atoms with Gasteiger partial charge in [-0.2, -0.15) is 25.3 Å². The molecule has 0 fully saturated rings. The highest BCUT2D eigenvalue weighted by Gasteiger charge is 2.14. The van der Waals surface area contributed by atoms with E-state index in [4.69, 9.17) is 0 Å². The van der Waals surface area contributed by atoms with E-state index in [-0.39, 0.29) is 11.5 Å². The van der Waals surface area contributed by atoms with Crippen molar-refractivity contribution < 1.29 is 4.79 Å². The lowest BCUT2D eigenvalue weighted by Crippen LogP contribution is -2.09. The van der Waals surface area contributed by atoms with Gasteiger partial charge in [-0.15, -0.1) is 0 Å². The quantitative estimate of drug-likeness (QED) is 0.723. The molecule has 0 aliphatic heterocycles. The van der Waals surface area contributed by atoms with Crippen LogP contribution in [0.25, 0.3) is 0 Å². The van der Waals surface area contributed by atoms with E-state index < -0.39 is 5.25 Å². The van der Waals surface area contributed by atoms with E-state index in [0.29, 0.717) is 5.69 Å². The lowest BCUT2D eigenvalue weighted by molar-refractivity contribution is -0.116. The summed E-state index contributed by atoms with van der Waals surface area (Å²) in [6.45, 7) is 0. The molecule has 0 saturated carbocycles. The van der Waals surface area contributed by atoms with E-state index in [1.807, 2.05) is 6.07 Å². The molecule has 12 heavy (non-hydrogen) atoms. The number of thiol groups is 2. The minimum absolute atomic E-state index is 0.0274. The number of ketones is 1. The van der Waals surface area contributed by atoms with Gasteiger partial charge in [0.05, 0.1) is 11.4 Å². The molecule has 1 aromatic heterocycles. The lowest BCUT2D eigenvalue weighted by atomic mass is 10.2. The van der Waals surface area contributed by atoms with Crippen LogP contribution >= 0.6 is 25.3 Å². The minimum Gasteiger partial charge on any atom is -0.297 e. The highest BCUT2D eigenvalue weighted by molar-refractivity contribution is 7.83. The van der Waals surface area contributed by atoms with Crippen LogP contribution in [0.1, 0.15) is 10.9 Å². The number of nitrogens with zero attached hydrogens (tertiary/aromatic N) is 1. The molecular formula is C8H9NOS2. The third-order valence-corrected chi connectivity index (χ3v) is 2.29. The summed E-state index contributed by atoms with van der Waals surface area (Å²) >= 11 is 8.01. The summed E-state index contributed by atoms with van der Waals surface area (Å²) in [7, 11) is 0. The summed E-state index contributed by atoms with van der Waals surface area (Å²) in [4.78, 5) is 15.1. The molecule has 0 amide bonds. The zero-order valence-electron chi connectivity index (χ0n) is 6.34. The highest BCUT2D eigenvalue weighted by atomic mass is 32.1. The Labute approximate surface area is 82.2 Å². The van der Waals surface area contributed by atoms with Crippen LogP contribution in [-0.2, 0) is 4.79 Å². The Bertz CT molecular complexity index is 263. The average molecular weight is 199 g/mol. The second-order valence-corrected chi connectivity index (χ2v) is 3.11. The molecule has 0 aliphatic carbocycles. The fourth-order valence-electron chi connectivity index (χ4n) is 0.789. The molecule has 0 saturated heterocycles. The van der Waals surface area contributed by atoms with Crippen LogP contribution in [-0.4, -0.2) is 16.5 Å². The number of aromatic nitrogens is 1.